The zero-order valence-electron chi connectivity index (χ0n) is 15.5. The van der Waals surface area contributed by atoms with Crippen molar-refractivity contribution in [3.05, 3.63) is 52.5 Å². The second-order valence-electron chi connectivity index (χ2n) is 5.59. The number of benzene rings is 2. The first kappa shape index (κ1) is 20.6. The van der Waals surface area contributed by atoms with Crippen LogP contribution in [0.25, 0.3) is 0 Å². The number of hydrogen-bond acceptors (Lipinski definition) is 5. The highest BCUT2D eigenvalue weighted by Crippen LogP contribution is 2.37. The Morgan fingerprint density at radius 3 is 2.52 bits per heavy atom. The molecule has 0 aliphatic carbocycles. The largest absolute Gasteiger partial charge is 0.490 e. The SMILES string of the molecule is CCCOc1c(Cl)cc(C(=O)Nc2cccc(C(=O)OC)c2)cc1OCC. The highest BCUT2D eigenvalue weighted by Gasteiger charge is 2.17. The molecule has 2 rings (SSSR count). The normalized spacial score (nSPS) is 10.2. The quantitative estimate of drug-likeness (QED) is 0.667. The number of anilines is 1. The summed E-state index contributed by atoms with van der Waals surface area (Å²) in [4.78, 5) is 24.2. The van der Waals surface area contributed by atoms with Gasteiger partial charge in [0.05, 0.1) is 30.9 Å². The van der Waals surface area contributed by atoms with Crippen molar-refractivity contribution in [3.8, 4) is 11.5 Å². The van der Waals surface area contributed by atoms with Crippen molar-refractivity contribution >= 4 is 29.2 Å². The molecule has 0 bridgehead atoms. The number of methoxy groups -OCH3 is 1. The third kappa shape index (κ3) is 5.37. The molecule has 2 aromatic carbocycles. The van der Waals surface area contributed by atoms with Crippen molar-refractivity contribution in [1.82, 2.24) is 0 Å². The predicted octanol–water partition coefficient (Wildman–Crippen LogP) is 4.57. The number of halogens is 1. The molecule has 2 aromatic rings. The topological polar surface area (TPSA) is 73.9 Å². The van der Waals surface area contributed by atoms with E-state index in [1.165, 1.54) is 19.2 Å². The average Bonchev–Trinajstić information content (AvgIpc) is 2.67. The van der Waals surface area contributed by atoms with Crippen molar-refractivity contribution in [2.45, 2.75) is 20.3 Å². The van der Waals surface area contributed by atoms with Crippen molar-refractivity contribution in [1.29, 1.82) is 0 Å². The van der Waals surface area contributed by atoms with Crippen molar-refractivity contribution in [2.24, 2.45) is 0 Å². The van der Waals surface area contributed by atoms with Crippen LogP contribution in [0, 0.1) is 0 Å². The smallest absolute Gasteiger partial charge is 0.337 e. The highest BCUT2D eigenvalue weighted by molar-refractivity contribution is 6.32. The Morgan fingerprint density at radius 2 is 1.85 bits per heavy atom. The lowest BCUT2D eigenvalue weighted by atomic mass is 10.1. The first-order valence-electron chi connectivity index (χ1n) is 8.59. The molecular formula is C20H22ClNO5. The van der Waals surface area contributed by atoms with Gasteiger partial charge in [0.15, 0.2) is 11.5 Å². The van der Waals surface area contributed by atoms with Crippen molar-refractivity contribution in [3.63, 3.8) is 0 Å². The highest BCUT2D eigenvalue weighted by atomic mass is 35.5. The summed E-state index contributed by atoms with van der Waals surface area (Å²) in [7, 11) is 1.30. The molecule has 6 nitrogen and oxygen atoms in total. The second kappa shape index (κ2) is 9.83. The third-order valence-electron chi connectivity index (χ3n) is 3.56. The summed E-state index contributed by atoms with van der Waals surface area (Å²) in [6, 6.07) is 9.57. The van der Waals surface area contributed by atoms with Crippen LogP contribution in [0.3, 0.4) is 0 Å². The summed E-state index contributed by atoms with van der Waals surface area (Å²) >= 11 is 6.29. The van der Waals surface area contributed by atoms with Gasteiger partial charge in [-0.3, -0.25) is 4.79 Å². The van der Waals surface area contributed by atoms with E-state index in [1.807, 2.05) is 13.8 Å². The van der Waals surface area contributed by atoms with E-state index in [4.69, 9.17) is 21.1 Å². The zero-order valence-corrected chi connectivity index (χ0v) is 16.3. The van der Waals surface area contributed by atoms with E-state index in [2.05, 4.69) is 10.1 Å². The number of esters is 1. The molecule has 0 saturated carbocycles. The van der Waals surface area contributed by atoms with E-state index in [1.54, 1.807) is 24.3 Å². The van der Waals surface area contributed by atoms with Crippen LogP contribution in [0.15, 0.2) is 36.4 Å². The molecule has 0 fully saturated rings. The maximum Gasteiger partial charge on any atom is 0.337 e. The van der Waals surface area contributed by atoms with Crippen molar-refractivity contribution < 1.29 is 23.8 Å². The molecule has 0 heterocycles. The van der Waals surface area contributed by atoms with Crippen LogP contribution < -0.4 is 14.8 Å². The van der Waals surface area contributed by atoms with Gasteiger partial charge in [0.25, 0.3) is 5.91 Å². The van der Waals surface area contributed by atoms with E-state index < -0.39 is 5.97 Å². The average molecular weight is 392 g/mol. The molecule has 0 aliphatic heterocycles. The Kier molecular flexibility index (Phi) is 7.49. The van der Waals surface area contributed by atoms with Crippen LogP contribution in [0.1, 0.15) is 41.0 Å². The van der Waals surface area contributed by atoms with Crippen LogP contribution in [-0.4, -0.2) is 32.2 Å². The van der Waals surface area contributed by atoms with Gasteiger partial charge < -0.3 is 19.5 Å². The number of ether oxygens (including phenoxy) is 3. The van der Waals surface area contributed by atoms with Gasteiger partial charge in [-0.15, -0.1) is 0 Å². The first-order chi connectivity index (χ1) is 13.0. The van der Waals surface area contributed by atoms with Gasteiger partial charge in [-0.2, -0.15) is 0 Å². The number of carbonyl (C=O) groups excluding carboxylic acids is 2. The van der Waals surface area contributed by atoms with Crippen LogP contribution in [0.4, 0.5) is 5.69 Å². The van der Waals surface area contributed by atoms with Gasteiger partial charge in [0.2, 0.25) is 0 Å². The Balaban J connectivity index is 2.27. The summed E-state index contributed by atoms with van der Waals surface area (Å²) in [6.07, 6.45) is 0.820. The number of carbonyl (C=O) groups is 2. The summed E-state index contributed by atoms with van der Waals surface area (Å²) < 4.78 is 15.9. The molecule has 0 aromatic heterocycles. The molecule has 0 aliphatic rings. The van der Waals surface area contributed by atoms with Gasteiger partial charge in [0, 0.05) is 11.3 Å². The standard InChI is InChI=1S/C20H22ClNO5/c1-4-9-27-18-16(21)11-14(12-17(18)26-5-2)19(23)22-15-8-6-7-13(10-15)20(24)25-3/h6-8,10-12H,4-5,9H2,1-3H3,(H,22,23). The predicted molar refractivity (Wildman–Crippen MR) is 104 cm³/mol. The summed E-state index contributed by atoms with van der Waals surface area (Å²) in [6.45, 7) is 4.72. The monoisotopic (exact) mass is 391 g/mol. The van der Waals surface area contributed by atoms with Gasteiger partial charge in [-0.1, -0.05) is 24.6 Å². The summed E-state index contributed by atoms with van der Waals surface area (Å²) in [5.74, 6) is -0.0383. The van der Waals surface area contributed by atoms with E-state index >= 15 is 0 Å². The minimum absolute atomic E-state index is 0.294. The minimum atomic E-state index is -0.481. The molecule has 0 atom stereocenters. The fraction of sp³-hybridized carbons (Fsp3) is 0.300. The molecule has 1 amide bonds. The lowest BCUT2D eigenvalue weighted by Crippen LogP contribution is -2.13. The van der Waals surface area contributed by atoms with E-state index in [9.17, 15) is 9.59 Å². The zero-order chi connectivity index (χ0) is 19.8. The minimum Gasteiger partial charge on any atom is -0.490 e. The van der Waals surface area contributed by atoms with Gasteiger partial charge in [-0.05, 0) is 43.7 Å². The maximum absolute atomic E-state index is 12.6. The molecular weight excluding hydrogens is 370 g/mol. The maximum atomic E-state index is 12.6. The van der Waals surface area contributed by atoms with Crippen molar-refractivity contribution in [2.75, 3.05) is 25.6 Å². The fourth-order valence-electron chi connectivity index (χ4n) is 2.35. The van der Waals surface area contributed by atoms with E-state index in [-0.39, 0.29) is 5.91 Å². The lowest BCUT2D eigenvalue weighted by Gasteiger charge is -2.15. The first-order valence-corrected chi connectivity index (χ1v) is 8.96. The molecule has 144 valence electrons. The fourth-order valence-corrected chi connectivity index (χ4v) is 2.62. The van der Waals surface area contributed by atoms with E-state index in [0.717, 1.165) is 6.42 Å². The molecule has 0 unspecified atom stereocenters. The number of rotatable bonds is 8. The summed E-state index contributed by atoms with van der Waals surface area (Å²) in [5, 5.41) is 3.03. The Hall–Kier alpha value is -2.73. The van der Waals surface area contributed by atoms with Crippen LogP contribution >= 0.6 is 11.6 Å². The Bertz CT molecular complexity index is 822. The van der Waals surface area contributed by atoms with Gasteiger partial charge in [0.1, 0.15) is 0 Å². The van der Waals surface area contributed by atoms with E-state index in [0.29, 0.717) is 46.5 Å². The molecule has 0 spiro atoms. The third-order valence-corrected chi connectivity index (χ3v) is 3.84. The molecule has 0 saturated heterocycles. The molecule has 1 N–H and O–H groups in total. The summed E-state index contributed by atoms with van der Waals surface area (Å²) in [5.41, 5.74) is 1.12. The van der Waals surface area contributed by atoms with Gasteiger partial charge in [-0.25, -0.2) is 4.79 Å². The van der Waals surface area contributed by atoms with Gasteiger partial charge >= 0.3 is 5.97 Å². The number of nitrogens with one attached hydrogen (secondary N) is 1. The Morgan fingerprint density at radius 1 is 1.07 bits per heavy atom. The molecule has 27 heavy (non-hydrogen) atoms. The second-order valence-corrected chi connectivity index (χ2v) is 6.00. The number of hydrogen-bond donors (Lipinski definition) is 1. The Labute approximate surface area is 163 Å². The lowest BCUT2D eigenvalue weighted by molar-refractivity contribution is 0.0600. The number of amides is 1. The van der Waals surface area contributed by atoms with Crippen LogP contribution in [0.5, 0.6) is 11.5 Å². The van der Waals surface area contributed by atoms with Crippen LogP contribution in [-0.2, 0) is 4.74 Å². The molecule has 0 radical (unpaired) electrons. The molecule has 7 heteroatoms. The van der Waals surface area contributed by atoms with Crippen LogP contribution in [0.2, 0.25) is 5.02 Å².